The van der Waals surface area contributed by atoms with Crippen molar-refractivity contribution in [1.29, 1.82) is 0 Å². The van der Waals surface area contributed by atoms with Gasteiger partial charge in [0.1, 0.15) is 0 Å². The molecule has 0 spiro atoms. The summed E-state index contributed by atoms with van der Waals surface area (Å²) >= 11 is 6.61. The highest BCUT2D eigenvalue weighted by Crippen LogP contribution is 2.37. The molecule has 0 radical (unpaired) electrons. The minimum atomic E-state index is -0.130. The first-order chi connectivity index (χ1) is 12.5. The highest BCUT2D eigenvalue weighted by Gasteiger charge is 2.22. The summed E-state index contributed by atoms with van der Waals surface area (Å²) in [4.78, 5) is 22.1. The number of halogens is 1. The highest BCUT2D eigenvalue weighted by molar-refractivity contribution is 6.34. The van der Waals surface area contributed by atoms with Gasteiger partial charge in [-0.25, -0.2) is 9.78 Å². The van der Waals surface area contributed by atoms with Gasteiger partial charge in [-0.1, -0.05) is 49.7 Å². The number of pyridine rings is 1. The Balaban J connectivity index is 2.37. The van der Waals surface area contributed by atoms with Crippen LogP contribution in [0.1, 0.15) is 38.3 Å². The lowest BCUT2D eigenvalue weighted by molar-refractivity contribution is 0.403. The van der Waals surface area contributed by atoms with Gasteiger partial charge in [0.05, 0.1) is 10.5 Å². The predicted octanol–water partition coefficient (Wildman–Crippen LogP) is 4.47. The van der Waals surface area contributed by atoms with Crippen LogP contribution in [0, 0.1) is 0 Å². The summed E-state index contributed by atoms with van der Waals surface area (Å²) in [6.45, 7) is 4.98. The molecule has 0 amide bonds. The smallest absolute Gasteiger partial charge is 0.305 e. The molecule has 0 aliphatic rings. The van der Waals surface area contributed by atoms with Gasteiger partial charge in [-0.3, -0.25) is 9.55 Å². The molecule has 3 rings (SSSR count). The first-order valence-electron chi connectivity index (χ1n) is 8.99. The second-order valence-corrected chi connectivity index (χ2v) is 7.25. The Morgan fingerprint density at radius 1 is 1.23 bits per heavy atom. The maximum Gasteiger partial charge on any atom is 0.327 e. The third-order valence-corrected chi connectivity index (χ3v) is 5.06. The van der Waals surface area contributed by atoms with Crippen LogP contribution in [0.5, 0.6) is 0 Å². The number of imidazole rings is 1. The van der Waals surface area contributed by atoms with Gasteiger partial charge in [0.25, 0.3) is 0 Å². The van der Waals surface area contributed by atoms with Gasteiger partial charge in [0, 0.05) is 24.3 Å². The minimum Gasteiger partial charge on any atom is -0.305 e. The van der Waals surface area contributed by atoms with Crippen molar-refractivity contribution in [2.45, 2.75) is 39.3 Å². The fourth-order valence-electron chi connectivity index (χ4n) is 3.57. The normalized spacial score (nSPS) is 11.8. The Hall–Kier alpha value is -2.11. The molecule has 0 aliphatic carbocycles. The second-order valence-electron chi connectivity index (χ2n) is 6.84. The fourth-order valence-corrected chi connectivity index (χ4v) is 3.81. The lowest BCUT2D eigenvalue weighted by Gasteiger charge is -2.19. The number of rotatable bonds is 6. The van der Waals surface area contributed by atoms with E-state index in [2.05, 4.69) is 40.8 Å². The molecule has 0 saturated carbocycles. The van der Waals surface area contributed by atoms with Crippen LogP contribution in [-0.2, 0) is 6.54 Å². The van der Waals surface area contributed by atoms with Gasteiger partial charge in [0.15, 0.2) is 5.65 Å². The summed E-state index contributed by atoms with van der Waals surface area (Å²) in [6.07, 6.45) is 3.36. The molecule has 2 heterocycles. The first kappa shape index (κ1) is 18.7. The Labute approximate surface area is 158 Å². The molecular formula is C20H25ClN4O. The standard InChI is InChI=1S/C20H25ClN4O/c1-5-14(6-2)25-18-17(16(21)11-22-19(18)23-20(25)26)15-10-8-7-9-13(15)12-24(3)4/h7-11,14H,5-6,12H2,1-4H3,(H,22,23,26). The van der Waals surface area contributed by atoms with Crippen LogP contribution in [0.4, 0.5) is 0 Å². The van der Waals surface area contributed by atoms with E-state index < -0.39 is 0 Å². The van der Waals surface area contributed by atoms with E-state index in [4.69, 9.17) is 11.6 Å². The largest absolute Gasteiger partial charge is 0.327 e. The number of aromatic amines is 1. The molecule has 1 aromatic carbocycles. The number of hydrogen-bond acceptors (Lipinski definition) is 3. The van der Waals surface area contributed by atoms with Crippen LogP contribution in [0.3, 0.4) is 0 Å². The van der Waals surface area contributed by atoms with Crippen molar-refractivity contribution >= 4 is 22.8 Å². The average Bonchev–Trinajstić information content (AvgIpc) is 2.93. The van der Waals surface area contributed by atoms with Gasteiger partial charge >= 0.3 is 5.69 Å². The van der Waals surface area contributed by atoms with Gasteiger partial charge in [-0.05, 0) is 38.1 Å². The summed E-state index contributed by atoms with van der Waals surface area (Å²) in [5, 5.41) is 0.558. The summed E-state index contributed by atoms with van der Waals surface area (Å²) in [5.74, 6) is 0. The maximum absolute atomic E-state index is 12.7. The van der Waals surface area contributed by atoms with E-state index in [0.29, 0.717) is 10.7 Å². The van der Waals surface area contributed by atoms with E-state index in [1.54, 1.807) is 6.20 Å². The lowest BCUT2D eigenvalue weighted by atomic mass is 9.98. The molecule has 3 aromatic rings. The third-order valence-electron chi connectivity index (χ3n) is 4.77. The van der Waals surface area contributed by atoms with Gasteiger partial charge in [0.2, 0.25) is 0 Å². The zero-order valence-corrected chi connectivity index (χ0v) is 16.5. The highest BCUT2D eigenvalue weighted by atomic mass is 35.5. The molecule has 0 unspecified atom stereocenters. The van der Waals surface area contributed by atoms with E-state index >= 15 is 0 Å². The molecule has 26 heavy (non-hydrogen) atoms. The predicted molar refractivity (Wildman–Crippen MR) is 108 cm³/mol. The molecule has 0 atom stereocenters. The van der Waals surface area contributed by atoms with Crippen molar-refractivity contribution in [3.8, 4) is 11.1 Å². The Morgan fingerprint density at radius 3 is 2.58 bits per heavy atom. The third kappa shape index (κ3) is 3.29. The SMILES string of the molecule is CCC(CC)n1c(=O)[nH]c2ncc(Cl)c(-c3ccccc3CN(C)C)c21. The monoisotopic (exact) mass is 372 g/mol. The molecule has 1 N–H and O–H groups in total. The zero-order chi connectivity index (χ0) is 18.8. The lowest BCUT2D eigenvalue weighted by Crippen LogP contribution is -2.21. The van der Waals surface area contributed by atoms with Crippen molar-refractivity contribution < 1.29 is 0 Å². The molecule has 0 bridgehead atoms. The topological polar surface area (TPSA) is 53.9 Å². The number of nitrogens with zero attached hydrogens (tertiary/aromatic N) is 3. The van der Waals surface area contributed by atoms with Crippen LogP contribution in [0.2, 0.25) is 5.02 Å². The number of hydrogen-bond donors (Lipinski definition) is 1. The van der Waals surface area contributed by atoms with Gasteiger partial charge in [-0.2, -0.15) is 0 Å². The Kier molecular flexibility index (Phi) is 5.49. The van der Waals surface area contributed by atoms with Crippen molar-refractivity contribution in [1.82, 2.24) is 19.4 Å². The van der Waals surface area contributed by atoms with Crippen molar-refractivity contribution in [3.05, 3.63) is 51.5 Å². The van der Waals surface area contributed by atoms with Crippen molar-refractivity contribution in [3.63, 3.8) is 0 Å². The number of aromatic nitrogens is 3. The number of fused-ring (bicyclic) bond motifs is 1. The molecule has 138 valence electrons. The number of H-pyrrole nitrogens is 1. The minimum absolute atomic E-state index is 0.108. The van der Waals surface area contributed by atoms with E-state index in [9.17, 15) is 4.79 Å². The molecule has 2 aromatic heterocycles. The van der Waals surface area contributed by atoms with Crippen LogP contribution in [0.15, 0.2) is 35.3 Å². The van der Waals surface area contributed by atoms with Crippen LogP contribution in [-0.4, -0.2) is 33.5 Å². The molecule has 5 nitrogen and oxygen atoms in total. The van der Waals surface area contributed by atoms with E-state index in [-0.39, 0.29) is 11.7 Å². The summed E-state index contributed by atoms with van der Waals surface area (Å²) in [5.41, 5.74) is 4.33. The summed E-state index contributed by atoms with van der Waals surface area (Å²) in [7, 11) is 4.08. The first-order valence-corrected chi connectivity index (χ1v) is 9.37. The maximum atomic E-state index is 12.7. The number of nitrogens with one attached hydrogen (secondary N) is 1. The number of benzene rings is 1. The van der Waals surface area contributed by atoms with E-state index in [1.807, 2.05) is 30.8 Å². The fraction of sp³-hybridized carbons (Fsp3) is 0.400. The molecule has 0 fully saturated rings. The summed E-state index contributed by atoms with van der Waals surface area (Å²) < 4.78 is 1.83. The quantitative estimate of drug-likeness (QED) is 0.694. The van der Waals surface area contributed by atoms with Crippen molar-refractivity contribution in [2.75, 3.05) is 14.1 Å². The average molecular weight is 373 g/mol. The molecule has 6 heteroatoms. The van der Waals surface area contributed by atoms with Gasteiger partial charge < -0.3 is 4.90 Å². The second kappa shape index (κ2) is 7.64. The van der Waals surface area contributed by atoms with Crippen LogP contribution >= 0.6 is 11.6 Å². The molecular weight excluding hydrogens is 348 g/mol. The summed E-state index contributed by atoms with van der Waals surface area (Å²) in [6, 6.07) is 8.30. The van der Waals surface area contributed by atoms with Gasteiger partial charge in [-0.15, -0.1) is 0 Å². The van der Waals surface area contributed by atoms with E-state index in [0.717, 1.165) is 41.6 Å². The van der Waals surface area contributed by atoms with E-state index in [1.165, 1.54) is 0 Å². The van der Waals surface area contributed by atoms with Crippen LogP contribution < -0.4 is 5.69 Å². The Morgan fingerprint density at radius 2 is 1.92 bits per heavy atom. The molecule has 0 saturated heterocycles. The van der Waals surface area contributed by atoms with Crippen molar-refractivity contribution in [2.24, 2.45) is 0 Å². The van der Waals surface area contributed by atoms with Crippen LogP contribution in [0.25, 0.3) is 22.3 Å². The Bertz CT molecular complexity index is 970. The zero-order valence-electron chi connectivity index (χ0n) is 15.7. The molecule has 0 aliphatic heterocycles.